The van der Waals surface area contributed by atoms with Crippen molar-refractivity contribution in [2.45, 2.75) is 18.9 Å². The fraction of sp³-hybridized carbons (Fsp3) is 0.333. The summed E-state index contributed by atoms with van der Waals surface area (Å²) >= 11 is 0. The fourth-order valence-electron chi connectivity index (χ4n) is 2.30. The van der Waals surface area contributed by atoms with E-state index in [0.717, 1.165) is 12.8 Å². The van der Waals surface area contributed by atoms with Gasteiger partial charge in [0, 0.05) is 12.6 Å². The van der Waals surface area contributed by atoms with Crippen molar-refractivity contribution in [1.29, 1.82) is 0 Å². The van der Waals surface area contributed by atoms with E-state index in [-0.39, 0.29) is 24.5 Å². The first-order valence-electron chi connectivity index (χ1n) is 7.17. The fourth-order valence-corrected chi connectivity index (χ4v) is 2.30. The summed E-state index contributed by atoms with van der Waals surface area (Å²) in [5.74, 6) is -0.386. The number of amides is 2. The minimum absolute atomic E-state index is 0.0710. The number of aliphatic hydroxyl groups is 1. The maximum atomic E-state index is 13.7. The predicted octanol–water partition coefficient (Wildman–Crippen LogP) is 2.00. The van der Waals surface area contributed by atoms with Crippen molar-refractivity contribution >= 4 is 11.7 Å². The highest BCUT2D eigenvalue weighted by molar-refractivity contribution is 5.89. The van der Waals surface area contributed by atoms with E-state index < -0.39 is 0 Å². The Labute approximate surface area is 127 Å². The molecular weight excluding hydrogens is 287 g/mol. The van der Waals surface area contributed by atoms with Gasteiger partial charge in [-0.15, -0.1) is 0 Å². The molecule has 1 aliphatic rings. The lowest BCUT2D eigenvalue weighted by Crippen LogP contribution is -2.38. The normalized spacial score (nSPS) is 13.9. The number of benzene rings is 1. The molecule has 22 heavy (non-hydrogen) atoms. The smallest absolute Gasteiger partial charge is 0.322 e. The van der Waals surface area contributed by atoms with Crippen LogP contribution in [0.25, 0.3) is 5.69 Å². The molecule has 2 aromatic rings. The number of aliphatic hydroxyl groups excluding tert-OH is 1. The van der Waals surface area contributed by atoms with Gasteiger partial charge >= 0.3 is 6.03 Å². The van der Waals surface area contributed by atoms with Gasteiger partial charge in [0.05, 0.1) is 24.7 Å². The van der Waals surface area contributed by atoms with Crippen LogP contribution in [0.4, 0.5) is 14.9 Å². The summed E-state index contributed by atoms with van der Waals surface area (Å²) in [6.45, 7) is 0.232. The molecule has 1 aromatic carbocycles. The van der Waals surface area contributed by atoms with Gasteiger partial charge in [-0.3, -0.25) is 0 Å². The molecule has 116 valence electrons. The molecule has 1 heterocycles. The first-order valence-corrected chi connectivity index (χ1v) is 7.17. The summed E-state index contributed by atoms with van der Waals surface area (Å²) in [6.07, 6.45) is 4.94. The lowest BCUT2D eigenvalue weighted by Gasteiger charge is -2.21. The molecule has 0 spiro atoms. The van der Waals surface area contributed by atoms with E-state index in [9.17, 15) is 9.18 Å². The molecule has 1 aliphatic carbocycles. The molecule has 0 bridgehead atoms. The zero-order chi connectivity index (χ0) is 15.5. The van der Waals surface area contributed by atoms with Crippen LogP contribution >= 0.6 is 0 Å². The van der Waals surface area contributed by atoms with Crippen molar-refractivity contribution in [2.75, 3.05) is 18.5 Å². The number of nitrogens with one attached hydrogen (secondary N) is 1. The Morgan fingerprint density at radius 2 is 2.23 bits per heavy atom. The van der Waals surface area contributed by atoms with Crippen LogP contribution in [0.5, 0.6) is 0 Å². The number of nitrogens with zero attached hydrogens (tertiary/aromatic N) is 3. The van der Waals surface area contributed by atoms with E-state index in [1.54, 1.807) is 29.3 Å². The summed E-state index contributed by atoms with van der Waals surface area (Å²) < 4.78 is 15.1. The molecule has 0 radical (unpaired) electrons. The third-order valence-corrected chi connectivity index (χ3v) is 3.52. The number of carbonyl (C=O) groups is 1. The Morgan fingerprint density at radius 3 is 2.91 bits per heavy atom. The molecule has 2 N–H and O–H groups in total. The first kappa shape index (κ1) is 14.5. The third kappa shape index (κ3) is 3.09. The van der Waals surface area contributed by atoms with Gasteiger partial charge in [-0.2, -0.15) is 5.10 Å². The molecular formula is C15H17FN4O2. The molecule has 0 saturated heterocycles. The van der Waals surface area contributed by atoms with Gasteiger partial charge in [-0.1, -0.05) is 12.1 Å². The van der Waals surface area contributed by atoms with Crippen LogP contribution in [0.15, 0.2) is 36.7 Å². The monoisotopic (exact) mass is 304 g/mol. The molecule has 1 saturated carbocycles. The van der Waals surface area contributed by atoms with Crippen LogP contribution in [0, 0.1) is 5.82 Å². The summed E-state index contributed by atoms with van der Waals surface area (Å²) in [5, 5.41) is 15.8. The number of hydrogen-bond acceptors (Lipinski definition) is 3. The van der Waals surface area contributed by atoms with E-state index in [2.05, 4.69) is 10.4 Å². The van der Waals surface area contributed by atoms with Crippen LogP contribution < -0.4 is 5.32 Å². The minimum atomic E-state index is -0.386. The Bertz CT molecular complexity index is 669. The van der Waals surface area contributed by atoms with Crippen molar-refractivity contribution in [3.05, 3.63) is 42.5 Å². The zero-order valence-corrected chi connectivity index (χ0v) is 11.9. The second-order valence-corrected chi connectivity index (χ2v) is 5.20. The highest BCUT2D eigenvalue weighted by Crippen LogP contribution is 2.27. The summed E-state index contributed by atoms with van der Waals surface area (Å²) in [4.78, 5) is 13.8. The number of carbonyl (C=O) groups excluding carboxylic acids is 1. The number of rotatable bonds is 5. The van der Waals surface area contributed by atoms with Gasteiger partial charge in [-0.05, 0) is 25.0 Å². The molecule has 0 atom stereocenters. The number of hydrogen-bond donors (Lipinski definition) is 2. The van der Waals surface area contributed by atoms with E-state index in [1.165, 1.54) is 16.9 Å². The molecule has 3 rings (SSSR count). The van der Waals surface area contributed by atoms with E-state index in [4.69, 9.17) is 5.11 Å². The third-order valence-electron chi connectivity index (χ3n) is 3.52. The highest BCUT2D eigenvalue weighted by atomic mass is 19.1. The van der Waals surface area contributed by atoms with Gasteiger partial charge in [0.1, 0.15) is 11.5 Å². The Kier molecular flexibility index (Phi) is 4.06. The van der Waals surface area contributed by atoms with Crippen LogP contribution in [0.3, 0.4) is 0 Å². The van der Waals surface area contributed by atoms with Crippen LogP contribution in [-0.2, 0) is 0 Å². The summed E-state index contributed by atoms with van der Waals surface area (Å²) in [5.41, 5.74) is 0.800. The molecule has 7 heteroatoms. The second-order valence-electron chi connectivity index (χ2n) is 5.20. The average molecular weight is 304 g/mol. The van der Waals surface area contributed by atoms with Crippen LogP contribution in [0.2, 0.25) is 0 Å². The van der Waals surface area contributed by atoms with Crippen molar-refractivity contribution in [2.24, 2.45) is 0 Å². The number of halogens is 1. The quantitative estimate of drug-likeness (QED) is 0.887. The number of aromatic nitrogens is 2. The molecule has 6 nitrogen and oxygen atoms in total. The van der Waals surface area contributed by atoms with Crippen molar-refractivity contribution in [3.8, 4) is 5.69 Å². The standard InChI is InChI=1S/C15H17FN4O2/c16-13-3-1-2-4-14(13)20-10-11(9-17-20)18-15(22)19(7-8-21)12-5-6-12/h1-4,9-10,12,21H,5-8H2,(H,18,22). The number of urea groups is 1. The maximum absolute atomic E-state index is 13.7. The van der Waals surface area contributed by atoms with Crippen LogP contribution in [-0.4, -0.2) is 45.0 Å². The Hall–Kier alpha value is -2.41. The van der Waals surface area contributed by atoms with E-state index in [1.807, 2.05) is 0 Å². The molecule has 1 fully saturated rings. The number of anilines is 1. The lowest BCUT2D eigenvalue weighted by atomic mass is 10.3. The minimum Gasteiger partial charge on any atom is -0.395 e. The Morgan fingerprint density at radius 1 is 1.45 bits per heavy atom. The summed E-state index contributed by atoms with van der Waals surface area (Å²) in [6, 6.07) is 6.21. The second kappa shape index (κ2) is 6.15. The van der Waals surface area contributed by atoms with Gasteiger partial charge in [0.25, 0.3) is 0 Å². The largest absolute Gasteiger partial charge is 0.395 e. The van der Waals surface area contributed by atoms with Gasteiger partial charge in [-0.25, -0.2) is 13.9 Å². The Balaban J connectivity index is 1.71. The molecule has 1 aromatic heterocycles. The zero-order valence-electron chi connectivity index (χ0n) is 11.9. The van der Waals surface area contributed by atoms with Gasteiger partial charge in [0.2, 0.25) is 0 Å². The van der Waals surface area contributed by atoms with Crippen molar-refractivity contribution in [1.82, 2.24) is 14.7 Å². The maximum Gasteiger partial charge on any atom is 0.322 e. The topological polar surface area (TPSA) is 70.4 Å². The summed E-state index contributed by atoms with van der Waals surface area (Å²) in [7, 11) is 0. The highest BCUT2D eigenvalue weighted by Gasteiger charge is 2.32. The molecule has 0 aliphatic heterocycles. The van der Waals surface area contributed by atoms with E-state index in [0.29, 0.717) is 17.9 Å². The van der Waals surface area contributed by atoms with Gasteiger partial charge < -0.3 is 15.3 Å². The van der Waals surface area contributed by atoms with E-state index >= 15 is 0 Å². The van der Waals surface area contributed by atoms with Crippen molar-refractivity contribution in [3.63, 3.8) is 0 Å². The molecule has 2 amide bonds. The predicted molar refractivity (Wildman–Crippen MR) is 79.4 cm³/mol. The van der Waals surface area contributed by atoms with Gasteiger partial charge in [0.15, 0.2) is 0 Å². The molecule has 0 unspecified atom stereocenters. The van der Waals surface area contributed by atoms with Crippen LogP contribution in [0.1, 0.15) is 12.8 Å². The first-order chi connectivity index (χ1) is 10.7. The lowest BCUT2D eigenvalue weighted by molar-refractivity contribution is 0.185. The van der Waals surface area contributed by atoms with Crippen molar-refractivity contribution < 1.29 is 14.3 Å². The average Bonchev–Trinajstić information content (AvgIpc) is 3.25. The number of para-hydroxylation sites is 1. The SMILES string of the molecule is O=C(Nc1cnn(-c2ccccc2F)c1)N(CCO)C1CC1.